The lowest BCUT2D eigenvalue weighted by molar-refractivity contribution is 0.458. The smallest absolute Gasteiger partial charge is 0.240 e. The third-order valence-corrected chi connectivity index (χ3v) is 4.30. The first-order chi connectivity index (χ1) is 9.51. The lowest BCUT2D eigenvalue weighted by Crippen LogP contribution is -2.37. The van der Waals surface area contributed by atoms with Gasteiger partial charge in [0, 0.05) is 19.6 Å². The maximum absolute atomic E-state index is 11.9. The van der Waals surface area contributed by atoms with E-state index in [-0.39, 0.29) is 11.4 Å². The van der Waals surface area contributed by atoms with Gasteiger partial charge in [0.2, 0.25) is 10.0 Å². The van der Waals surface area contributed by atoms with Gasteiger partial charge >= 0.3 is 0 Å². The minimum absolute atomic E-state index is 0.221. The maximum atomic E-state index is 11.9. The number of nitrogens with two attached hydrogens (primary N) is 1. The third kappa shape index (κ3) is 4.82. The molecule has 0 aliphatic rings. The van der Waals surface area contributed by atoms with E-state index >= 15 is 0 Å². The number of aliphatic imine (C=N–C) groups is 1. The Kier molecular flexibility index (Phi) is 6.47. The van der Waals surface area contributed by atoms with Crippen LogP contribution in [0.1, 0.15) is 13.8 Å². The topological polar surface area (TPSA) is 87.8 Å². The number of rotatable bonds is 7. The molecule has 112 valence electrons. The summed E-state index contributed by atoms with van der Waals surface area (Å²) in [6, 6.07) is 8.25. The van der Waals surface area contributed by atoms with Crippen molar-refractivity contribution in [2.24, 2.45) is 10.7 Å². The van der Waals surface area contributed by atoms with Gasteiger partial charge in [-0.05, 0) is 26.0 Å². The van der Waals surface area contributed by atoms with Crippen LogP contribution in [0.25, 0.3) is 0 Å². The van der Waals surface area contributed by atoms with Crippen molar-refractivity contribution in [2.75, 3.05) is 26.2 Å². The summed E-state index contributed by atoms with van der Waals surface area (Å²) in [7, 11) is -3.46. The van der Waals surface area contributed by atoms with E-state index in [2.05, 4.69) is 9.71 Å². The number of nitrogens with zero attached hydrogens (tertiary/aromatic N) is 2. The highest BCUT2D eigenvalue weighted by Gasteiger charge is 2.11. The highest BCUT2D eigenvalue weighted by molar-refractivity contribution is 7.89. The Bertz CT molecular complexity index is 525. The molecule has 0 aliphatic carbocycles. The van der Waals surface area contributed by atoms with E-state index < -0.39 is 10.0 Å². The molecule has 1 aromatic carbocycles. The van der Waals surface area contributed by atoms with Gasteiger partial charge < -0.3 is 10.6 Å². The molecular weight excluding hydrogens is 276 g/mol. The normalized spacial score (nSPS) is 12.4. The van der Waals surface area contributed by atoms with Crippen LogP contribution in [0.2, 0.25) is 0 Å². The van der Waals surface area contributed by atoms with Crippen LogP contribution >= 0.6 is 0 Å². The molecular formula is C13H22N4O2S. The van der Waals surface area contributed by atoms with Crippen molar-refractivity contribution in [2.45, 2.75) is 18.7 Å². The molecule has 0 atom stereocenters. The van der Waals surface area contributed by atoms with E-state index in [1.54, 1.807) is 30.3 Å². The Balaban J connectivity index is 2.51. The monoisotopic (exact) mass is 298 g/mol. The molecule has 0 aromatic heterocycles. The molecule has 0 saturated carbocycles. The second-order valence-electron chi connectivity index (χ2n) is 4.12. The Morgan fingerprint density at radius 3 is 2.40 bits per heavy atom. The Hall–Kier alpha value is -1.60. The van der Waals surface area contributed by atoms with Crippen molar-refractivity contribution in [3.63, 3.8) is 0 Å². The number of guanidine groups is 1. The van der Waals surface area contributed by atoms with Crippen LogP contribution in [0.15, 0.2) is 40.2 Å². The lowest BCUT2D eigenvalue weighted by Gasteiger charge is -2.19. The van der Waals surface area contributed by atoms with Gasteiger partial charge in [-0.15, -0.1) is 0 Å². The highest BCUT2D eigenvalue weighted by atomic mass is 32.2. The summed E-state index contributed by atoms with van der Waals surface area (Å²) >= 11 is 0. The Morgan fingerprint density at radius 2 is 1.85 bits per heavy atom. The lowest BCUT2D eigenvalue weighted by atomic mass is 10.4. The molecule has 0 amide bonds. The largest absolute Gasteiger partial charge is 0.370 e. The fourth-order valence-corrected chi connectivity index (χ4v) is 2.72. The van der Waals surface area contributed by atoms with Gasteiger partial charge in [-0.2, -0.15) is 0 Å². The number of hydrogen-bond acceptors (Lipinski definition) is 3. The minimum Gasteiger partial charge on any atom is -0.370 e. The fraction of sp³-hybridized carbons (Fsp3) is 0.462. The zero-order chi connectivity index (χ0) is 15.0. The summed E-state index contributed by atoms with van der Waals surface area (Å²) in [5, 5.41) is 0. The Labute approximate surface area is 120 Å². The number of hydrogen-bond donors (Lipinski definition) is 2. The molecule has 0 radical (unpaired) electrons. The SMILES string of the molecule is CCN(CC)C(N)=NCCNS(=O)(=O)c1ccccc1. The summed E-state index contributed by atoms with van der Waals surface area (Å²) in [4.78, 5) is 6.32. The molecule has 3 N–H and O–H groups in total. The van der Waals surface area contributed by atoms with E-state index in [1.807, 2.05) is 18.7 Å². The predicted octanol–water partition coefficient (Wildman–Crippen LogP) is 0.621. The molecule has 0 heterocycles. The summed E-state index contributed by atoms with van der Waals surface area (Å²) < 4.78 is 26.3. The molecule has 0 spiro atoms. The van der Waals surface area contributed by atoms with Crippen LogP contribution in [-0.4, -0.2) is 45.5 Å². The quantitative estimate of drug-likeness (QED) is 0.439. The summed E-state index contributed by atoms with van der Waals surface area (Å²) in [6.07, 6.45) is 0. The number of sulfonamides is 1. The van der Waals surface area contributed by atoms with E-state index in [0.717, 1.165) is 13.1 Å². The zero-order valence-electron chi connectivity index (χ0n) is 11.9. The minimum atomic E-state index is -3.46. The van der Waals surface area contributed by atoms with Crippen LogP contribution in [0.3, 0.4) is 0 Å². The van der Waals surface area contributed by atoms with Crippen LogP contribution in [0.4, 0.5) is 0 Å². The van der Waals surface area contributed by atoms with Crippen molar-refractivity contribution in [3.8, 4) is 0 Å². The Morgan fingerprint density at radius 1 is 1.25 bits per heavy atom. The molecule has 7 heteroatoms. The van der Waals surface area contributed by atoms with E-state index in [1.165, 1.54) is 0 Å². The predicted molar refractivity (Wildman–Crippen MR) is 81.0 cm³/mol. The van der Waals surface area contributed by atoms with Crippen LogP contribution in [0.5, 0.6) is 0 Å². The van der Waals surface area contributed by atoms with Crippen molar-refractivity contribution in [3.05, 3.63) is 30.3 Å². The van der Waals surface area contributed by atoms with E-state index in [9.17, 15) is 8.42 Å². The number of nitrogens with one attached hydrogen (secondary N) is 1. The molecule has 1 rings (SSSR count). The standard InChI is InChI=1S/C13H22N4O2S/c1-3-17(4-2)13(14)15-10-11-16-20(18,19)12-8-6-5-7-9-12/h5-9,16H,3-4,10-11H2,1-2H3,(H2,14,15). The van der Waals surface area contributed by atoms with Gasteiger partial charge in [0.1, 0.15) is 0 Å². The van der Waals surface area contributed by atoms with Gasteiger partial charge in [0.25, 0.3) is 0 Å². The molecule has 0 unspecified atom stereocenters. The summed E-state index contributed by atoms with van der Waals surface area (Å²) in [5.41, 5.74) is 5.80. The second-order valence-corrected chi connectivity index (χ2v) is 5.89. The van der Waals surface area contributed by atoms with Crippen molar-refractivity contribution < 1.29 is 8.42 Å². The number of benzene rings is 1. The van der Waals surface area contributed by atoms with Crippen LogP contribution < -0.4 is 10.5 Å². The molecule has 1 aromatic rings. The average molecular weight is 298 g/mol. The zero-order valence-corrected chi connectivity index (χ0v) is 12.7. The van der Waals surface area contributed by atoms with Gasteiger partial charge in [-0.1, -0.05) is 18.2 Å². The van der Waals surface area contributed by atoms with Crippen molar-refractivity contribution >= 4 is 16.0 Å². The molecule has 0 aliphatic heterocycles. The van der Waals surface area contributed by atoms with Crippen LogP contribution in [0, 0.1) is 0 Å². The first kappa shape index (κ1) is 16.5. The van der Waals surface area contributed by atoms with Crippen molar-refractivity contribution in [1.29, 1.82) is 0 Å². The van der Waals surface area contributed by atoms with Gasteiger partial charge in [-0.25, -0.2) is 13.1 Å². The van der Waals surface area contributed by atoms with Gasteiger partial charge in [-0.3, -0.25) is 4.99 Å². The average Bonchev–Trinajstić information content (AvgIpc) is 2.46. The third-order valence-electron chi connectivity index (χ3n) is 2.82. The van der Waals surface area contributed by atoms with Gasteiger partial charge in [0.05, 0.1) is 11.4 Å². The first-order valence-electron chi connectivity index (χ1n) is 6.60. The van der Waals surface area contributed by atoms with E-state index in [0.29, 0.717) is 12.5 Å². The summed E-state index contributed by atoms with van der Waals surface area (Å²) in [6.45, 7) is 6.07. The molecule has 6 nitrogen and oxygen atoms in total. The van der Waals surface area contributed by atoms with E-state index in [4.69, 9.17) is 5.73 Å². The first-order valence-corrected chi connectivity index (χ1v) is 8.09. The molecule has 0 fully saturated rings. The molecule has 0 bridgehead atoms. The molecule has 0 saturated heterocycles. The maximum Gasteiger partial charge on any atom is 0.240 e. The second kappa shape index (κ2) is 7.86. The highest BCUT2D eigenvalue weighted by Crippen LogP contribution is 2.06. The molecule has 20 heavy (non-hydrogen) atoms. The fourth-order valence-electron chi connectivity index (χ4n) is 1.68. The van der Waals surface area contributed by atoms with Crippen LogP contribution in [-0.2, 0) is 10.0 Å². The van der Waals surface area contributed by atoms with Gasteiger partial charge in [0.15, 0.2) is 5.96 Å². The summed E-state index contributed by atoms with van der Waals surface area (Å²) in [5.74, 6) is 0.439. The van der Waals surface area contributed by atoms with Crippen molar-refractivity contribution in [1.82, 2.24) is 9.62 Å².